The van der Waals surface area contributed by atoms with Crippen LogP contribution in [-0.4, -0.2) is 24.9 Å². The van der Waals surface area contributed by atoms with Crippen LogP contribution in [0.2, 0.25) is 0 Å². The number of pyridine rings is 1. The SMILES string of the molecule is CC(C)c1cc(Br)c2nc(/C=N/[S@+]([O-])C(C)(C)C)cn2c1. The third-order valence-electron chi connectivity index (χ3n) is 3.02. The van der Waals surface area contributed by atoms with Gasteiger partial charge in [-0.25, -0.2) is 4.98 Å². The first kappa shape index (κ1) is 16.5. The van der Waals surface area contributed by atoms with Crippen LogP contribution >= 0.6 is 15.9 Å². The molecule has 0 bridgehead atoms. The van der Waals surface area contributed by atoms with E-state index in [-0.39, 0.29) is 4.75 Å². The number of aromatic nitrogens is 2. The molecule has 0 aliphatic rings. The van der Waals surface area contributed by atoms with Gasteiger partial charge in [0.1, 0.15) is 28.0 Å². The van der Waals surface area contributed by atoms with Crippen LogP contribution in [0, 0.1) is 0 Å². The first-order valence-corrected chi connectivity index (χ1v) is 8.72. The fourth-order valence-corrected chi connectivity index (χ4v) is 2.81. The second kappa shape index (κ2) is 6.10. The number of imidazole rings is 1. The molecule has 0 radical (unpaired) electrons. The van der Waals surface area contributed by atoms with Crippen molar-refractivity contribution in [3.05, 3.63) is 34.2 Å². The van der Waals surface area contributed by atoms with Gasteiger partial charge in [0, 0.05) is 12.4 Å². The van der Waals surface area contributed by atoms with Gasteiger partial charge in [0.25, 0.3) is 0 Å². The van der Waals surface area contributed by atoms with Crippen molar-refractivity contribution in [3.63, 3.8) is 0 Å². The molecule has 0 spiro atoms. The molecule has 2 rings (SSSR count). The van der Waals surface area contributed by atoms with E-state index >= 15 is 0 Å². The smallest absolute Gasteiger partial charge is 0.151 e. The Morgan fingerprint density at radius 3 is 2.62 bits per heavy atom. The van der Waals surface area contributed by atoms with E-state index in [9.17, 15) is 4.55 Å². The number of fused-ring (bicyclic) bond motifs is 1. The average molecular weight is 370 g/mol. The lowest BCUT2D eigenvalue weighted by atomic mass is 10.1. The van der Waals surface area contributed by atoms with E-state index in [1.54, 1.807) is 6.21 Å². The predicted molar refractivity (Wildman–Crippen MR) is 92.5 cm³/mol. The van der Waals surface area contributed by atoms with E-state index in [0.29, 0.717) is 11.6 Å². The number of hydrogen-bond donors (Lipinski definition) is 0. The minimum Gasteiger partial charge on any atom is -0.591 e. The molecule has 4 nitrogen and oxygen atoms in total. The number of hydrogen-bond acceptors (Lipinski definition) is 3. The highest BCUT2D eigenvalue weighted by Crippen LogP contribution is 2.24. The molecular formula is C15H20BrN3OS. The molecule has 1 atom stereocenters. The maximum absolute atomic E-state index is 11.9. The molecular weight excluding hydrogens is 350 g/mol. The van der Waals surface area contributed by atoms with Crippen LogP contribution in [0.5, 0.6) is 0 Å². The Morgan fingerprint density at radius 1 is 1.38 bits per heavy atom. The van der Waals surface area contributed by atoms with Crippen molar-refractivity contribution in [2.45, 2.75) is 45.3 Å². The van der Waals surface area contributed by atoms with Crippen molar-refractivity contribution < 1.29 is 4.55 Å². The molecule has 0 saturated carbocycles. The third kappa shape index (κ3) is 3.87. The molecule has 0 aliphatic heterocycles. The summed E-state index contributed by atoms with van der Waals surface area (Å²) >= 11 is 2.29. The molecule has 0 unspecified atom stereocenters. The average Bonchev–Trinajstić information content (AvgIpc) is 2.78. The van der Waals surface area contributed by atoms with Gasteiger partial charge in [0.15, 0.2) is 5.65 Å². The summed E-state index contributed by atoms with van der Waals surface area (Å²) in [6.45, 7) is 10.00. The quantitative estimate of drug-likeness (QED) is 0.603. The van der Waals surface area contributed by atoms with Crippen molar-refractivity contribution >= 4 is 39.2 Å². The molecule has 0 fully saturated rings. The first-order valence-electron chi connectivity index (χ1n) is 6.82. The van der Waals surface area contributed by atoms with Gasteiger partial charge in [0.05, 0.1) is 4.47 Å². The lowest BCUT2D eigenvalue weighted by molar-refractivity contribution is 0.562. The standard InChI is InChI=1S/C15H20BrN3OS/c1-10(2)11-6-13(16)14-18-12(9-19(14)8-11)7-17-21(20)15(3,4)5/h6-10H,1-5H3/b17-7+/t21-/m1/s1. The van der Waals surface area contributed by atoms with Crippen molar-refractivity contribution in [2.24, 2.45) is 4.40 Å². The monoisotopic (exact) mass is 369 g/mol. The zero-order chi connectivity index (χ0) is 15.8. The van der Waals surface area contributed by atoms with Gasteiger partial charge in [-0.15, -0.1) is 0 Å². The van der Waals surface area contributed by atoms with Gasteiger partial charge < -0.3 is 8.95 Å². The lowest BCUT2D eigenvalue weighted by Crippen LogP contribution is -2.25. The van der Waals surface area contributed by atoms with Gasteiger partial charge in [-0.2, -0.15) is 0 Å². The van der Waals surface area contributed by atoms with Crippen LogP contribution < -0.4 is 0 Å². The van der Waals surface area contributed by atoms with Crippen LogP contribution in [0.1, 0.15) is 51.8 Å². The summed E-state index contributed by atoms with van der Waals surface area (Å²) in [4.78, 5) is 4.50. The summed E-state index contributed by atoms with van der Waals surface area (Å²) in [5.41, 5.74) is 2.77. The fraction of sp³-hybridized carbons (Fsp3) is 0.467. The second-order valence-electron chi connectivity index (χ2n) is 6.27. The molecule has 2 aromatic rings. The van der Waals surface area contributed by atoms with Gasteiger partial charge in [-0.05, 0) is 54.2 Å². The molecule has 2 aromatic heterocycles. The summed E-state index contributed by atoms with van der Waals surface area (Å²) < 4.78 is 18.6. The van der Waals surface area contributed by atoms with Crippen molar-refractivity contribution in [1.29, 1.82) is 0 Å². The fourth-order valence-electron chi connectivity index (χ4n) is 1.73. The molecule has 6 heteroatoms. The van der Waals surface area contributed by atoms with Gasteiger partial charge >= 0.3 is 0 Å². The summed E-state index contributed by atoms with van der Waals surface area (Å²) in [6, 6.07) is 2.08. The molecule has 0 amide bonds. The lowest BCUT2D eigenvalue weighted by Gasteiger charge is -2.17. The van der Waals surface area contributed by atoms with E-state index in [0.717, 1.165) is 10.1 Å². The van der Waals surface area contributed by atoms with Crippen molar-refractivity contribution in [2.75, 3.05) is 0 Å². The Kier molecular flexibility index (Phi) is 4.80. The van der Waals surface area contributed by atoms with Crippen LogP contribution in [0.25, 0.3) is 5.65 Å². The Balaban J connectivity index is 2.35. The zero-order valence-corrected chi connectivity index (χ0v) is 15.3. The minimum atomic E-state index is -1.27. The molecule has 21 heavy (non-hydrogen) atoms. The molecule has 0 saturated heterocycles. The zero-order valence-electron chi connectivity index (χ0n) is 12.9. The highest BCUT2D eigenvalue weighted by atomic mass is 79.9. The van der Waals surface area contributed by atoms with E-state index in [2.05, 4.69) is 51.4 Å². The largest absolute Gasteiger partial charge is 0.591 e. The highest BCUT2D eigenvalue weighted by Gasteiger charge is 2.25. The maximum atomic E-state index is 11.9. The first-order chi connectivity index (χ1) is 9.68. The van der Waals surface area contributed by atoms with Gasteiger partial charge in [0.2, 0.25) is 0 Å². The van der Waals surface area contributed by atoms with Gasteiger partial charge in [-0.1, -0.05) is 18.2 Å². The topological polar surface area (TPSA) is 52.7 Å². The summed E-state index contributed by atoms with van der Waals surface area (Å²) in [7, 11) is 0. The van der Waals surface area contributed by atoms with Crippen LogP contribution in [0.4, 0.5) is 0 Å². The molecule has 0 aliphatic carbocycles. The normalized spacial score (nSPS) is 14.5. The number of nitrogens with zero attached hydrogens (tertiary/aromatic N) is 3. The highest BCUT2D eigenvalue weighted by molar-refractivity contribution is 9.10. The van der Waals surface area contributed by atoms with E-state index in [4.69, 9.17) is 0 Å². The van der Waals surface area contributed by atoms with Crippen LogP contribution in [-0.2, 0) is 11.4 Å². The summed E-state index contributed by atoms with van der Waals surface area (Å²) in [5.74, 6) is 0.443. The number of halogens is 1. The molecule has 2 heterocycles. The minimum absolute atomic E-state index is 0.360. The van der Waals surface area contributed by atoms with E-state index in [1.807, 2.05) is 31.4 Å². The predicted octanol–water partition coefficient (Wildman–Crippen LogP) is 4.10. The summed E-state index contributed by atoms with van der Waals surface area (Å²) in [6.07, 6.45) is 5.54. The molecule has 114 valence electrons. The molecule has 0 aromatic carbocycles. The molecule has 0 N–H and O–H groups in total. The van der Waals surface area contributed by atoms with E-state index in [1.165, 1.54) is 5.56 Å². The van der Waals surface area contributed by atoms with Crippen LogP contribution in [0.15, 0.2) is 27.3 Å². The number of rotatable bonds is 3. The van der Waals surface area contributed by atoms with Crippen molar-refractivity contribution in [3.8, 4) is 0 Å². The maximum Gasteiger partial charge on any atom is 0.151 e. The Morgan fingerprint density at radius 2 is 2.05 bits per heavy atom. The summed E-state index contributed by atoms with van der Waals surface area (Å²) in [5, 5.41) is 0. The Hall–Kier alpha value is -0.850. The Bertz CT molecular complexity index is 673. The third-order valence-corrected chi connectivity index (χ3v) is 4.95. The van der Waals surface area contributed by atoms with E-state index < -0.39 is 11.4 Å². The van der Waals surface area contributed by atoms with Crippen LogP contribution in [0.3, 0.4) is 0 Å². The van der Waals surface area contributed by atoms with Crippen molar-refractivity contribution in [1.82, 2.24) is 9.38 Å². The Labute approximate surface area is 137 Å². The van der Waals surface area contributed by atoms with Gasteiger partial charge in [-0.3, -0.25) is 0 Å². The second-order valence-corrected chi connectivity index (χ2v) is 9.06.